The standard InChI is InChI=1S/C18H18N8O/c1-27-16-5-3-13(9-21-16)14-10-23-18(25-19)17(24-14)22-8-12-2-4-15-20-6-7-26(15)11-12/h2-7,9-11H,8,19H2,1H3,(H,22,24)(H,23,25). The number of hydrogen-bond acceptors (Lipinski definition) is 8. The fraction of sp³-hybridized carbons (Fsp3) is 0.111. The second kappa shape index (κ2) is 7.26. The van der Waals surface area contributed by atoms with E-state index in [4.69, 9.17) is 10.6 Å². The molecule has 0 aliphatic heterocycles. The van der Waals surface area contributed by atoms with Crippen LogP contribution < -0.4 is 21.3 Å². The molecule has 0 saturated heterocycles. The van der Waals surface area contributed by atoms with E-state index in [1.807, 2.05) is 35.0 Å². The predicted octanol–water partition coefficient (Wildman–Crippen LogP) is 2.09. The van der Waals surface area contributed by atoms with E-state index >= 15 is 0 Å². The van der Waals surface area contributed by atoms with Crippen LogP contribution in [0.5, 0.6) is 5.88 Å². The van der Waals surface area contributed by atoms with Gasteiger partial charge < -0.3 is 19.9 Å². The van der Waals surface area contributed by atoms with Crippen LogP contribution >= 0.6 is 0 Å². The summed E-state index contributed by atoms with van der Waals surface area (Å²) < 4.78 is 7.05. The van der Waals surface area contributed by atoms with Crippen molar-refractivity contribution >= 4 is 17.3 Å². The number of hydrogen-bond donors (Lipinski definition) is 3. The zero-order chi connectivity index (χ0) is 18.6. The van der Waals surface area contributed by atoms with E-state index in [-0.39, 0.29) is 0 Å². The Kier molecular flexibility index (Phi) is 4.50. The normalized spacial score (nSPS) is 10.7. The van der Waals surface area contributed by atoms with Crippen LogP contribution in [0.25, 0.3) is 16.9 Å². The molecule has 136 valence electrons. The number of nitrogens with one attached hydrogen (secondary N) is 2. The molecule has 0 aromatic carbocycles. The van der Waals surface area contributed by atoms with Crippen LogP contribution in [0.15, 0.2) is 55.2 Å². The molecule has 0 aliphatic rings. The van der Waals surface area contributed by atoms with E-state index in [1.54, 1.807) is 31.8 Å². The minimum atomic E-state index is 0.462. The van der Waals surface area contributed by atoms with Crippen LogP contribution in [0.3, 0.4) is 0 Å². The Bertz CT molecular complexity index is 1060. The summed E-state index contributed by atoms with van der Waals surface area (Å²) in [7, 11) is 1.58. The van der Waals surface area contributed by atoms with Gasteiger partial charge in [-0.1, -0.05) is 6.07 Å². The summed E-state index contributed by atoms with van der Waals surface area (Å²) >= 11 is 0. The third-order valence-electron chi connectivity index (χ3n) is 4.06. The summed E-state index contributed by atoms with van der Waals surface area (Å²) in [6.07, 6.45) is 9.01. The van der Waals surface area contributed by atoms with Crippen LogP contribution in [0.1, 0.15) is 5.56 Å². The lowest BCUT2D eigenvalue weighted by Crippen LogP contribution is -2.13. The zero-order valence-corrected chi connectivity index (χ0v) is 14.6. The van der Waals surface area contributed by atoms with Gasteiger partial charge in [-0.05, 0) is 17.7 Å². The van der Waals surface area contributed by atoms with Crippen molar-refractivity contribution in [2.45, 2.75) is 6.54 Å². The van der Waals surface area contributed by atoms with Crippen molar-refractivity contribution in [3.05, 3.63) is 60.8 Å². The summed E-state index contributed by atoms with van der Waals surface area (Å²) in [4.78, 5) is 17.4. The minimum Gasteiger partial charge on any atom is -0.481 e. The SMILES string of the molecule is COc1ccc(-c2cnc(NN)c(NCc3ccc4nccn4c3)n2)cn1. The average molecular weight is 362 g/mol. The van der Waals surface area contributed by atoms with Gasteiger partial charge in [0.2, 0.25) is 5.88 Å². The monoisotopic (exact) mass is 362 g/mol. The summed E-state index contributed by atoms with van der Waals surface area (Å²) in [5, 5.41) is 3.28. The predicted molar refractivity (Wildman–Crippen MR) is 102 cm³/mol. The van der Waals surface area contributed by atoms with Crippen LogP contribution in [-0.2, 0) is 6.54 Å². The fourth-order valence-corrected chi connectivity index (χ4v) is 2.67. The van der Waals surface area contributed by atoms with E-state index in [1.165, 1.54) is 0 Å². The minimum absolute atomic E-state index is 0.462. The molecule has 4 N–H and O–H groups in total. The summed E-state index contributed by atoms with van der Waals surface area (Å²) in [6, 6.07) is 7.63. The third kappa shape index (κ3) is 3.48. The number of imidazole rings is 1. The van der Waals surface area contributed by atoms with Crippen molar-refractivity contribution < 1.29 is 4.74 Å². The van der Waals surface area contributed by atoms with Gasteiger partial charge >= 0.3 is 0 Å². The van der Waals surface area contributed by atoms with Gasteiger partial charge in [0.1, 0.15) is 5.65 Å². The second-order valence-electron chi connectivity index (χ2n) is 5.77. The average Bonchev–Trinajstić information content (AvgIpc) is 3.20. The molecule has 9 nitrogen and oxygen atoms in total. The molecule has 4 aromatic rings. The number of rotatable bonds is 6. The van der Waals surface area contributed by atoms with Gasteiger partial charge in [0.15, 0.2) is 11.6 Å². The number of nitrogens with zero attached hydrogens (tertiary/aromatic N) is 5. The number of pyridine rings is 2. The molecule has 0 bridgehead atoms. The first-order valence-corrected chi connectivity index (χ1v) is 8.26. The molecular formula is C18H18N8O. The van der Waals surface area contributed by atoms with E-state index in [2.05, 4.69) is 30.7 Å². The molecule has 0 amide bonds. The van der Waals surface area contributed by atoms with Crippen molar-refractivity contribution in [2.24, 2.45) is 5.84 Å². The highest BCUT2D eigenvalue weighted by Gasteiger charge is 2.09. The van der Waals surface area contributed by atoms with Gasteiger partial charge in [0.05, 0.1) is 19.0 Å². The first-order valence-electron chi connectivity index (χ1n) is 8.26. The largest absolute Gasteiger partial charge is 0.481 e. The second-order valence-corrected chi connectivity index (χ2v) is 5.77. The Morgan fingerprint density at radius 1 is 1.07 bits per heavy atom. The fourth-order valence-electron chi connectivity index (χ4n) is 2.67. The molecule has 0 saturated carbocycles. The van der Waals surface area contributed by atoms with Gasteiger partial charge in [-0.2, -0.15) is 0 Å². The number of ether oxygens (including phenoxy) is 1. The van der Waals surface area contributed by atoms with Crippen molar-refractivity contribution in [1.82, 2.24) is 24.3 Å². The number of nitrogens with two attached hydrogens (primary N) is 1. The molecule has 4 aromatic heterocycles. The molecule has 0 aliphatic carbocycles. The number of methoxy groups -OCH3 is 1. The molecule has 27 heavy (non-hydrogen) atoms. The Labute approximate surface area is 155 Å². The number of aromatic nitrogens is 5. The van der Waals surface area contributed by atoms with E-state index in [0.29, 0.717) is 29.8 Å². The molecule has 4 heterocycles. The molecule has 0 unspecified atom stereocenters. The van der Waals surface area contributed by atoms with Crippen LogP contribution in [0, 0.1) is 0 Å². The molecule has 0 atom stereocenters. The molecule has 0 spiro atoms. The molecule has 0 radical (unpaired) electrons. The van der Waals surface area contributed by atoms with E-state index in [0.717, 1.165) is 16.8 Å². The molecule has 4 rings (SSSR count). The zero-order valence-electron chi connectivity index (χ0n) is 14.6. The van der Waals surface area contributed by atoms with Crippen LogP contribution in [0.4, 0.5) is 11.6 Å². The first-order chi connectivity index (χ1) is 13.3. The smallest absolute Gasteiger partial charge is 0.212 e. The van der Waals surface area contributed by atoms with Crippen molar-refractivity contribution in [1.29, 1.82) is 0 Å². The molecule has 0 fully saturated rings. The van der Waals surface area contributed by atoms with Crippen molar-refractivity contribution in [3.63, 3.8) is 0 Å². The van der Waals surface area contributed by atoms with Crippen molar-refractivity contribution in [2.75, 3.05) is 17.9 Å². The van der Waals surface area contributed by atoms with E-state index < -0.39 is 0 Å². The highest BCUT2D eigenvalue weighted by atomic mass is 16.5. The summed E-state index contributed by atoms with van der Waals surface area (Å²) in [6.45, 7) is 0.557. The third-order valence-corrected chi connectivity index (χ3v) is 4.06. The Morgan fingerprint density at radius 2 is 2.00 bits per heavy atom. The maximum Gasteiger partial charge on any atom is 0.212 e. The number of hydrazine groups is 1. The highest BCUT2D eigenvalue weighted by molar-refractivity contribution is 5.66. The lowest BCUT2D eigenvalue weighted by molar-refractivity contribution is 0.398. The number of nitrogen functional groups attached to an aromatic ring is 1. The summed E-state index contributed by atoms with van der Waals surface area (Å²) in [5.41, 5.74) is 6.04. The lowest BCUT2D eigenvalue weighted by Gasteiger charge is -2.12. The van der Waals surface area contributed by atoms with E-state index in [9.17, 15) is 0 Å². The van der Waals surface area contributed by atoms with Gasteiger partial charge in [-0.25, -0.2) is 25.8 Å². The Hall–Kier alpha value is -3.72. The molecule has 9 heteroatoms. The lowest BCUT2D eigenvalue weighted by atomic mass is 10.2. The quantitative estimate of drug-likeness (QED) is 0.353. The summed E-state index contributed by atoms with van der Waals surface area (Å²) in [5.74, 6) is 7.13. The maximum atomic E-state index is 5.57. The molecular weight excluding hydrogens is 344 g/mol. The van der Waals surface area contributed by atoms with Crippen LogP contribution in [-0.4, -0.2) is 31.4 Å². The van der Waals surface area contributed by atoms with Crippen LogP contribution in [0.2, 0.25) is 0 Å². The Morgan fingerprint density at radius 3 is 2.78 bits per heavy atom. The van der Waals surface area contributed by atoms with Gasteiger partial charge in [-0.15, -0.1) is 0 Å². The number of anilines is 2. The maximum absolute atomic E-state index is 5.57. The topological polar surface area (TPSA) is 115 Å². The van der Waals surface area contributed by atoms with Gasteiger partial charge in [-0.3, -0.25) is 0 Å². The first kappa shape index (κ1) is 16.7. The Balaban J connectivity index is 1.58. The highest BCUT2D eigenvalue weighted by Crippen LogP contribution is 2.23. The number of fused-ring (bicyclic) bond motifs is 1. The van der Waals surface area contributed by atoms with Crippen molar-refractivity contribution in [3.8, 4) is 17.1 Å². The van der Waals surface area contributed by atoms with Gasteiger partial charge in [0.25, 0.3) is 0 Å². The van der Waals surface area contributed by atoms with Gasteiger partial charge in [0, 0.05) is 43.0 Å².